The van der Waals surface area contributed by atoms with Crippen molar-refractivity contribution in [2.24, 2.45) is 11.7 Å². The number of rotatable bonds is 5. The fourth-order valence-corrected chi connectivity index (χ4v) is 2.79. The molecule has 1 amide bonds. The highest BCUT2D eigenvalue weighted by Gasteiger charge is 2.14. The number of nitrogens with two attached hydrogens (primary N) is 1. The highest BCUT2D eigenvalue weighted by Crippen LogP contribution is 2.21. The van der Waals surface area contributed by atoms with Gasteiger partial charge < -0.3 is 11.1 Å². The van der Waals surface area contributed by atoms with Crippen LogP contribution in [0.2, 0.25) is 0 Å². The number of nitrogens with one attached hydrogen (secondary N) is 1. The van der Waals surface area contributed by atoms with E-state index in [1.54, 1.807) is 11.3 Å². The van der Waals surface area contributed by atoms with E-state index in [2.05, 4.69) is 35.1 Å². The Labute approximate surface area is 109 Å². The van der Waals surface area contributed by atoms with E-state index in [4.69, 9.17) is 5.73 Å². The van der Waals surface area contributed by atoms with E-state index < -0.39 is 6.04 Å². The third-order valence-corrected chi connectivity index (χ3v) is 3.75. The Bertz CT molecular complexity index is 352. The third kappa shape index (κ3) is 4.63. The first-order chi connectivity index (χ1) is 7.49. The molecule has 0 aliphatic rings. The van der Waals surface area contributed by atoms with Crippen LogP contribution >= 0.6 is 27.3 Å². The maximum Gasteiger partial charge on any atom is 0.237 e. The molecule has 0 bridgehead atoms. The Morgan fingerprint density at radius 3 is 2.75 bits per heavy atom. The lowest BCUT2D eigenvalue weighted by Gasteiger charge is -2.13. The maximum atomic E-state index is 11.6. The Balaban J connectivity index is 2.35. The fraction of sp³-hybridized carbons (Fsp3) is 0.545. The van der Waals surface area contributed by atoms with Crippen LogP contribution in [0.1, 0.15) is 25.1 Å². The third-order valence-electron chi connectivity index (χ3n) is 2.13. The minimum Gasteiger partial charge on any atom is -0.350 e. The van der Waals surface area contributed by atoms with Crippen molar-refractivity contribution >= 4 is 33.2 Å². The van der Waals surface area contributed by atoms with Gasteiger partial charge in [0.2, 0.25) is 5.91 Å². The second-order valence-electron chi connectivity index (χ2n) is 4.16. The molecule has 0 aliphatic carbocycles. The van der Waals surface area contributed by atoms with Crippen molar-refractivity contribution in [3.05, 3.63) is 20.8 Å². The Hall–Kier alpha value is -0.390. The van der Waals surface area contributed by atoms with E-state index in [1.165, 1.54) is 0 Å². The Kier molecular flexibility index (Phi) is 5.44. The summed E-state index contributed by atoms with van der Waals surface area (Å²) in [5, 5.41) is 2.84. The summed E-state index contributed by atoms with van der Waals surface area (Å²) in [6, 6.07) is 3.56. The predicted octanol–water partition coefficient (Wildman–Crippen LogP) is 2.50. The Morgan fingerprint density at radius 2 is 2.25 bits per heavy atom. The molecule has 0 aliphatic heterocycles. The molecule has 1 heterocycles. The van der Waals surface area contributed by atoms with Gasteiger partial charge in [-0.25, -0.2) is 0 Å². The first-order valence-electron chi connectivity index (χ1n) is 5.26. The maximum absolute atomic E-state index is 11.6. The van der Waals surface area contributed by atoms with Gasteiger partial charge in [-0.1, -0.05) is 13.8 Å². The molecule has 3 N–H and O–H groups in total. The van der Waals surface area contributed by atoms with E-state index in [-0.39, 0.29) is 5.91 Å². The number of carbonyl (C=O) groups is 1. The summed E-state index contributed by atoms with van der Waals surface area (Å²) in [7, 11) is 0. The highest BCUT2D eigenvalue weighted by molar-refractivity contribution is 9.11. The minimum atomic E-state index is -0.400. The van der Waals surface area contributed by atoms with Crippen LogP contribution in [0.3, 0.4) is 0 Å². The lowest BCUT2D eigenvalue weighted by atomic mass is 10.0. The average Bonchev–Trinajstić information content (AvgIpc) is 2.59. The summed E-state index contributed by atoms with van der Waals surface area (Å²) < 4.78 is 1.07. The molecule has 0 radical (unpaired) electrons. The van der Waals surface area contributed by atoms with Gasteiger partial charge in [0, 0.05) is 4.88 Å². The summed E-state index contributed by atoms with van der Waals surface area (Å²) >= 11 is 5.00. The van der Waals surface area contributed by atoms with E-state index in [9.17, 15) is 4.79 Å². The van der Waals surface area contributed by atoms with Crippen molar-refractivity contribution in [2.75, 3.05) is 0 Å². The molecule has 0 saturated heterocycles. The van der Waals surface area contributed by atoms with Crippen LogP contribution < -0.4 is 11.1 Å². The number of hydrogen-bond donors (Lipinski definition) is 2. The zero-order valence-electron chi connectivity index (χ0n) is 9.50. The molecule has 16 heavy (non-hydrogen) atoms. The van der Waals surface area contributed by atoms with Crippen LogP contribution in [0.4, 0.5) is 0 Å². The van der Waals surface area contributed by atoms with Crippen molar-refractivity contribution in [3.63, 3.8) is 0 Å². The molecule has 0 aromatic carbocycles. The minimum absolute atomic E-state index is 0.0711. The Morgan fingerprint density at radius 1 is 1.56 bits per heavy atom. The van der Waals surface area contributed by atoms with Gasteiger partial charge in [-0.05, 0) is 40.4 Å². The van der Waals surface area contributed by atoms with Gasteiger partial charge in [0.1, 0.15) is 0 Å². The normalized spacial score (nSPS) is 12.8. The standard InChI is InChI=1S/C11H17BrN2OS/c1-7(2)5-9(13)11(15)14-6-8-3-4-10(12)16-8/h3-4,7,9H,5-6,13H2,1-2H3,(H,14,15)/t9-/m1/s1. The highest BCUT2D eigenvalue weighted by atomic mass is 79.9. The number of thiophene rings is 1. The van der Waals surface area contributed by atoms with Gasteiger partial charge in [-0.3, -0.25) is 4.79 Å². The molecule has 1 aromatic heterocycles. The summed E-state index contributed by atoms with van der Waals surface area (Å²) in [6.45, 7) is 4.67. The number of carbonyl (C=O) groups excluding carboxylic acids is 1. The molecule has 1 aromatic rings. The zero-order valence-corrected chi connectivity index (χ0v) is 11.9. The van der Waals surface area contributed by atoms with Crippen molar-refractivity contribution in [1.29, 1.82) is 0 Å². The second kappa shape index (κ2) is 6.37. The molecule has 90 valence electrons. The molecule has 5 heteroatoms. The number of halogens is 1. The van der Waals surface area contributed by atoms with Crippen LogP contribution in [-0.2, 0) is 11.3 Å². The second-order valence-corrected chi connectivity index (χ2v) is 6.71. The molecular weight excluding hydrogens is 288 g/mol. The van der Waals surface area contributed by atoms with Crippen LogP contribution in [0.5, 0.6) is 0 Å². The molecule has 0 unspecified atom stereocenters. The number of hydrogen-bond acceptors (Lipinski definition) is 3. The van der Waals surface area contributed by atoms with E-state index in [1.807, 2.05) is 12.1 Å². The monoisotopic (exact) mass is 304 g/mol. The van der Waals surface area contributed by atoms with Gasteiger partial charge >= 0.3 is 0 Å². The van der Waals surface area contributed by atoms with Gasteiger partial charge in [0.15, 0.2) is 0 Å². The summed E-state index contributed by atoms with van der Waals surface area (Å²) in [5.41, 5.74) is 5.77. The van der Waals surface area contributed by atoms with Crippen LogP contribution in [0.25, 0.3) is 0 Å². The van der Waals surface area contributed by atoms with Gasteiger partial charge in [0.05, 0.1) is 16.4 Å². The number of amides is 1. The van der Waals surface area contributed by atoms with Gasteiger partial charge in [0.25, 0.3) is 0 Å². The van der Waals surface area contributed by atoms with E-state index in [0.29, 0.717) is 12.5 Å². The topological polar surface area (TPSA) is 55.1 Å². The van der Waals surface area contributed by atoms with Crippen molar-refractivity contribution in [3.8, 4) is 0 Å². The largest absolute Gasteiger partial charge is 0.350 e. The van der Waals surface area contributed by atoms with E-state index >= 15 is 0 Å². The predicted molar refractivity (Wildman–Crippen MR) is 71.3 cm³/mol. The quantitative estimate of drug-likeness (QED) is 0.878. The molecule has 3 nitrogen and oxygen atoms in total. The molecule has 0 spiro atoms. The van der Waals surface area contributed by atoms with E-state index in [0.717, 1.165) is 15.1 Å². The first-order valence-corrected chi connectivity index (χ1v) is 6.87. The van der Waals surface area contributed by atoms with Crippen LogP contribution in [0, 0.1) is 5.92 Å². The summed E-state index contributed by atoms with van der Waals surface area (Å²) in [4.78, 5) is 12.7. The molecular formula is C11H17BrN2OS. The van der Waals surface area contributed by atoms with Gasteiger partial charge in [-0.2, -0.15) is 0 Å². The average molecular weight is 305 g/mol. The van der Waals surface area contributed by atoms with Crippen LogP contribution in [0.15, 0.2) is 15.9 Å². The lowest BCUT2D eigenvalue weighted by Crippen LogP contribution is -2.40. The van der Waals surface area contributed by atoms with Gasteiger partial charge in [-0.15, -0.1) is 11.3 Å². The molecule has 0 fully saturated rings. The molecule has 1 rings (SSSR count). The van der Waals surface area contributed by atoms with Crippen molar-refractivity contribution in [2.45, 2.75) is 32.9 Å². The summed E-state index contributed by atoms with van der Waals surface area (Å²) in [6.07, 6.45) is 0.722. The van der Waals surface area contributed by atoms with Crippen LogP contribution in [-0.4, -0.2) is 11.9 Å². The van der Waals surface area contributed by atoms with Crippen molar-refractivity contribution < 1.29 is 4.79 Å². The SMILES string of the molecule is CC(C)C[C@@H](N)C(=O)NCc1ccc(Br)s1. The molecule has 0 saturated carbocycles. The summed E-state index contributed by atoms with van der Waals surface area (Å²) in [5.74, 6) is 0.370. The first kappa shape index (κ1) is 13.7. The molecule has 1 atom stereocenters. The smallest absolute Gasteiger partial charge is 0.237 e. The zero-order chi connectivity index (χ0) is 12.1. The van der Waals surface area contributed by atoms with Crippen molar-refractivity contribution in [1.82, 2.24) is 5.32 Å². The fourth-order valence-electron chi connectivity index (χ4n) is 1.37. The lowest BCUT2D eigenvalue weighted by molar-refractivity contribution is -0.122.